The standard InChI is InChI=1S/C13H20N2O/c1-4-10(3)14-13(16)15-12-9-7-6-8-11(12)5-2/h6-10H,4-5H2,1-3H3,(H2,14,15,16)/t10-/m0/s1. The zero-order chi connectivity index (χ0) is 12.0. The Balaban J connectivity index is 2.62. The van der Waals surface area contributed by atoms with Gasteiger partial charge in [-0.3, -0.25) is 0 Å². The first-order valence-corrected chi connectivity index (χ1v) is 5.82. The lowest BCUT2D eigenvalue weighted by Gasteiger charge is -2.14. The number of urea groups is 1. The lowest BCUT2D eigenvalue weighted by molar-refractivity contribution is 0.249. The first-order valence-electron chi connectivity index (χ1n) is 5.82. The summed E-state index contributed by atoms with van der Waals surface area (Å²) in [5.41, 5.74) is 2.05. The highest BCUT2D eigenvalue weighted by molar-refractivity contribution is 5.90. The topological polar surface area (TPSA) is 41.1 Å². The summed E-state index contributed by atoms with van der Waals surface area (Å²) in [6.07, 6.45) is 1.85. The van der Waals surface area contributed by atoms with Crippen molar-refractivity contribution in [1.82, 2.24) is 5.32 Å². The number of hydrogen-bond acceptors (Lipinski definition) is 1. The van der Waals surface area contributed by atoms with Crippen molar-refractivity contribution < 1.29 is 4.79 Å². The maximum absolute atomic E-state index is 11.6. The maximum atomic E-state index is 11.6. The van der Waals surface area contributed by atoms with Crippen LogP contribution < -0.4 is 10.6 Å². The van der Waals surface area contributed by atoms with E-state index in [2.05, 4.69) is 17.6 Å². The van der Waals surface area contributed by atoms with Gasteiger partial charge >= 0.3 is 6.03 Å². The minimum absolute atomic E-state index is 0.129. The fourth-order valence-electron chi connectivity index (χ4n) is 1.43. The van der Waals surface area contributed by atoms with Gasteiger partial charge in [0, 0.05) is 11.7 Å². The molecule has 88 valence electrons. The average Bonchev–Trinajstić information content (AvgIpc) is 2.29. The van der Waals surface area contributed by atoms with Gasteiger partial charge in [-0.15, -0.1) is 0 Å². The molecule has 0 aliphatic carbocycles. The van der Waals surface area contributed by atoms with E-state index < -0.39 is 0 Å². The van der Waals surface area contributed by atoms with Gasteiger partial charge in [0.15, 0.2) is 0 Å². The summed E-state index contributed by atoms with van der Waals surface area (Å²) < 4.78 is 0. The Kier molecular flexibility index (Phi) is 4.83. The van der Waals surface area contributed by atoms with E-state index in [9.17, 15) is 4.79 Å². The van der Waals surface area contributed by atoms with E-state index >= 15 is 0 Å². The third-order valence-corrected chi connectivity index (χ3v) is 2.64. The van der Waals surface area contributed by atoms with Gasteiger partial charge in [-0.25, -0.2) is 4.79 Å². The molecule has 1 rings (SSSR count). The van der Waals surface area contributed by atoms with E-state index in [1.807, 2.05) is 38.1 Å². The second-order valence-electron chi connectivity index (χ2n) is 3.92. The molecule has 0 aromatic heterocycles. The highest BCUT2D eigenvalue weighted by Crippen LogP contribution is 2.15. The molecule has 3 nitrogen and oxygen atoms in total. The number of carbonyl (C=O) groups excluding carboxylic acids is 1. The number of hydrogen-bond donors (Lipinski definition) is 2. The van der Waals surface area contributed by atoms with Crippen LogP contribution in [0.15, 0.2) is 24.3 Å². The van der Waals surface area contributed by atoms with Gasteiger partial charge in [0.05, 0.1) is 0 Å². The van der Waals surface area contributed by atoms with Gasteiger partial charge in [0.1, 0.15) is 0 Å². The average molecular weight is 220 g/mol. The van der Waals surface area contributed by atoms with Crippen LogP contribution in [0, 0.1) is 0 Å². The van der Waals surface area contributed by atoms with Gasteiger partial charge in [-0.2, -0.15) is 0 Å². The lowest BCUT2D eigenvalue weighted by Crippen LogP contribution is -2.35. The molecule has 0 radical (unpaired) electrons. The lowest BCUT2D eigenvalue weighted by atomic mass is 10.1. The Labute approximate surface area is 97.2 Å². The normalized spacial score (nSPS) is 11.9. The molecule has 3 heteroatoms. The fraction of sp³-hybridized carbons (Fsp3) is 0.462. The minimum atomic E-state index is -0.129. The van der Waals surface area contributed by atoms with Crippen LogP contribution in [0.5, 0.6) is 0 Å². The van der Waals surface area contributed by atoms with Crippen molar-refractivity contribution in [2.24, 2.45) is 0 Å². The molecular formula is C13H20N2O. The molecule has 0 unspecified atom stereocenters. The van der Waals surface area contributed by atoms with Crippen LogP contribution >= 0.6 is 0 Å². The summed E-state index contributed by atoms with van der Waals surface area (Å²) in [7, 11) is 0. The molecule has 1 aromatic rings. The van der Waals surface area contributed by atoms with Crippen molar-refractivity contribution in [3.8, 4) is 0 Å². The predicted molar refractivity (Wildman–Crippen MR) is 67.7 cm³/mol. The molecule has 0 saturated carbocycles. The molecule has 2 N–H and O–H groups in total. The fourth-order valence-corrected chi connectivity index (χ4v) is 1.43. The molecule has 0 spiro atoms. The summed E-state index contributed by atoms with van der Waals surface area (Å²) in [5.74, 6) is 0. The van der Waals surface area contributed by atoms with Crippen molar-refractivity contribution in [2.75, 3.05) is 5.32 Å². The van der Waals surface area contributed by atoms with Gasteiger partial charge in [0.25, 0.3) is 0 Å². The number of rotatable bonds is 4. The molecular weight excluding hydrogens is 200 g/mol. The van der Waals surface area contributed by atoms with Crippen LogP contribution in [0.3, 0.4) is 0 Å². The van der Waals surface area contributed by atoms with Crippen LogP contribution in [-0.4, -0.2) is 12.1 Å². The highest BCUT2D eigenvalue weighted by atomic mass is 16.2. The first-order chi connectivity index (χ1) is 7.67. The van der Waals surface area contributed by atoms with Crippen LogP contribution in [-0.2, 0) is 6.42 Å². The van der Waals surface area contributed by atoms with E-state index in [-0.39, 0.29) is 12.1 Å². The highest BCUT2D eigenvalue weighted by Gasteiger charge is 2.07. The van der Waals surface area contributed by atoms with Crippen LogP contribution in [0.4, 0.5) is 10.5 Å². The molecule has 2 amide bonds. The van der Waals surface area contributed by atoms with Crippen LogP contribution in [0.1, 0.15) is 32.8 Å². The Hall–Kier alpha value is -1.51. The summed E-state index contributed by atoms with van der Waals surface area (Å²) in [6.45, 7) is 6.11. The largest absolute Gasteiger partial charge is 0.335 e. The Morgan fingerprint density at radius 1 is 1.31 bits per heavy atom. The summed E-state index contributed by atoms with van der Waals surface area (Å²) in [6, 6.07) is 7.94. The number of nitrogens with one attached hydrogen (secondary N) is 2. The van der Waals surface area contributed by atoms with Crippen molar-refractivity contribution in [3.05, 3.63) is 29.8 Å². The minimum Gasteiger partial charge on any atom is -0.335 e. The molecule has 0 fully saturated rings. The van der Waals surface area contributed by atoms with Crippen molar-refractivity contribution in [2.45, 2.75) is 39.7 Å². The SMILES string of the molecule is CCc1ccccc1NC(=O)N[C@@H](C)CC. The number of carbonyl (C=O) groups is 1. The zero-order valence-electron chi connectivity index (χ0n) is 10.2. The predicted octanol–water partition coefficient (Wildman–Crippen LogP) is 3.17. The van der Waals surface area contributed by atoms with E-state index in [4.69, 9.17) is 0 Å². The van der Waals surface area contributed by atoms with Crippen molar-refractivity contribution in [1.29, 1.82) is 0 Å². The van der Waals surface area contributed by atoms with Crippen molar-refractivity contribution in [3.63, 3.8) is 0 Å². The van der Waals surface area contributed by atoms with E-state index in [1.54, 1.807) is 0 Å². The maximum Gasteiger partial charge on any atom is 0.319 e. The summed E-state index contributed by atoms with van der Waals surface area (Å²) in [5, 5.41) is 5.76. The molecule has 0 aliphatic heterocycles. The van der Waals surface area contributed by atoms with Crippen molar-refractivity contribution >= 4 is 11.7 Å². The van der Waals surface area contributed by atoms with E-state index in [1.165, 1.54) is 0 Å². The van der Waals surface area contributed by atoms with Gasteiger partial charge < -0.3 is 10.6 Å². The van der Waals surface area contributed by atoms with Crippen LogP contribution in [0.25, 0.3) is 0 Å². The van der Waals surface area contributed by atoms with Gasteiger partial charge in [0.2, 0.25) is 0 Å². The second-order valence-corrected chi connectivity index (χ2v) is 3.92. The Morgan fingerprint density at radius 2 is 2.00 bits per heavy atom. The smallest absolute Gasteiger partial charge is 0.319 e. The number of para-hydroxylation sites is 1. The molecule has 0 aliphatic rings. The first kappa shape index (κ1) is 12.6. The van der Waals surface area contributed by atoms with E-state index in [0.29, 0.717) is 0 Å². The summed E-state index contributed by atoms with van der Waals surface area (Å²) >= 11 is 0. The second kappa shape index (κ2) is 6.16. The van der Waals surface area contributed by atoms with Gasteiger partial charge in [-0.1, -0.05) is 32.0 Å². The monoisotopic (exact) mass is 220 g/mol. The van der Waals surface area contributed by atoms with E-state index in [0.717, 1.165) is 24.1 Å². The van der Waals surface area contributed by atoms with Crippen LogP contribution in [0.2, 0.25) is 0 Å². The number of benzene rings is 1. The Morgan fingerprint density at radius 3 is 2.62 bits per heavy atom. The molecule has 0 saturated heterocycles. The molecule has 1 atom stereocenters. The molecule has 0 bridgehead atoms. The third-order valence-electron chi connectivity index (χ3n) is 2.64. The Bertz CT molecular complexity index is 350. The molecule has 1 aromatic carbocycles. The number of anilines is 1. The zero-order valence-corrected chi connectivity index (χ0v) is 10.2. The number of amides is 2. The quantitative estimate of drug-likeness (QED) is 0.804. The summed E-state index contributed by atoms with van der Waals surface area (Å²) in [4.78, 5) is 11.6. The molecule has 16 heavy (non-hydrogen) atoms. The van der Waals surface area contributed by atoms with Gasteiger partial charge in [-0.05, 0) is 31.4 Å². The molecule has 0 heterocycles. The third kappa shape index (κ3) is 3.57. The number of aryl methyl sites for hydroxylation is 1.